The molecule has 0 saturated heterocycles. The number of aromatic nitrogens is 4. The zero-order valence-electron chi connectivity index (χ0n) is 14.3. The van der Waals surface area contributed by atoms with E-state index in [1.807, 2.05) is 13.0 Å². The van der Waals surface area contributed by atoms with Gasteiger partial charge < -0.3 is 10.4 Å². The third-order valence-corrected chi connectivity index (χ3v) is 3.88. The molecule has 1 aromatic carbocycles. The van der Waals surface area contributed by atoms with Gasteiger partial charge >= 0.3 is 0 Å². The lowest BCUT2D eigenvalue weighted by molar-refractivity contribution is 0.310. The van der Waals surface area contributed by atoms with Gasteiger partial charge in [-0.25, -0.2) is 18.7 Å². The van der Waals surface area contributed by atoms with Gasteiger partial charge in [0.05, 0.1) is 19.3 Å². The molecule has 3 aromatic rings. The van der Waals surface area contributed by atoms with Crippen molar-refractivity contribution in [2.45, 2.75) is 19.9 Å². The first-order valence-electron chi connectivity index (χ1n) is 8.30. The van der Waals surface area contributed by atoms with Gasteiger partial charge in [-0.2, -0.15) is 5.10 Å². The molecule has 2 N–H and O–H groups in total. The van der Waals surface area contributed by atoms with Crippen LogP contribution in [0.4, 0.5) is 14.6 Å². The van der Waals surface area contributed by atoms with Crippen molar-refractivity contribution in [2.75, 3.05) is 18.5 Å². The minimum Gasteiger partial charge on any atom is -0.395 e. The van der Waals surface area contributed by atoms with Crippen molar-refractivity contribution < 1.29 is 13.9 Å². The first-order valence-corrected chi connectivity index (χ1v) is 8.30. The van der Waals surface area contributed by atoms with E-state index in [4.69, 9.17) is 5.11 Å². The highest BCUT2D eigenvalue weighted by molar-refractivity contribution is 5.53. The van der Waals surface area contributed by atoms with Crippen LogP contribution in [-0.2, 0) is 13.0 Å². The maximum Gasteiger partial charge on any atom is 0.183 e. The van der Waals surface area contributed by atoms with Gasteiger partial charge in [-0.15, -0.1) is 0 Å². The molecule has 0 atom stereocenters. The third kappa shape index (κ3) is 3.85. The number of benzene rings is 1. The summed E-state index contributed by atoms with van der Waals surface area (Å²) in [6.07, 6.45) is 1.75. The molecule has 0 spiro atoms. The Hall–Kier alpha value is -2.87. The molecule has 0 aliphatic heterocycles. The highest BCUT2D eigenvalue weighted by Crippen LogP contribution is 2.20. The Balaban J connectivity index is 1.92. The van der Waals surface area contributed by atoms with Gasteiger partial charge in [0.1, 0.15) is 11.5 Å². The van der Waals surface area contributed by atoms with Crippen LogP contribution in [0.2, 0.25) is 0 Å². The van der Waals surface area contributed by atoms with Gasteiger partial charge in [0, 0.05) is 17.8 Å². The van der Waals surface area contributed by atoms with E-state index in [1.54, 1.807) is 22.9 Å². The van der Waals surface area contributed by atoms with Crippen molar-refractivity contribution in [1.82, 2.24) is 19.7 Å². The summed E-state index contributed by atoms with van der Waals surface area (Å²) < 4.78 is 29.4. The highest BCUT2D eigenvalue weighted by Gasteiger charge is 2.14. The minimum atomic E-state index is -0.608. The zero-order chi connectivity index (χ0) is 18.5. The number of rotatable bonds is 7. The predicted molar refractivity (Wildman–Crippen MR) is 93.7 cm³/mol. The van der Waals surface area contributed by atoms with E-state index in [0.29, 0.717) is 17.7 Å². The zero-order valence-corrected chi connectivity index (χ0v) is 14.3. The molecule has 0 aliphatic carbocycles. The molecule has 2 aromatic heterocycles. The van der Waals surface area contributed by atoms with Crippen molar-refractivity contribution in [2.24, 2.45) is 0 Å². The molecule has 0 fully saturated rings. The van der Waals surface area contributed by atoms with Crippen LogP contribution in [0.5, 0.6) is 0 Å². The van der Waals surface area contributed by atoms with E-state index in [2.05, 4.69) is 20.4 Å². The van der Waals surface area contributed by atoms with E-state index in [9.17, 15) is 8.78 Å². The van der Waals surface area contributed by atoms with E-state index in [0.717, 1.165) is 11.9 Å². The van der Waals surface area contributed by atoms with Crippen LogP contribution in [0.3, 0.4) is 0 Å². The van der Waals surface area contributed by atoms with E-state index >= 15 is 0 Å². The van der Waals surface area contributed by atoms with Crippen LogP contribution in [0.1, 0.15) is 18.2 Å². The topological polar surface area (TPSA) is 75.9 Å². The summed E-state index contributed by atoms with van der Waals surface area (Å²) in [5, 5.41) is 16.0. The fraction of sp³-hybridized carbons (Fsp3) is 0.278. The predicted octanol–water partition coefficient (Wildman–Crippen LogP) is 2.63. The first-order chi connectivity index (χ1) is 12.6. The quantitative estimate of drug-likeness (QED) is 0.678. The molecule has 8 heteroatoms. The number of anilines is 1. The monoisotopic (exact) mass is 359 g/mol. The second-order valence-corrected chi connectivity index (χ2v) is 5.66. The third-order valence-electron chi connectivity index (χ3n) is 3.88. The number of aliphatic hydroxyl groups excluding tert-OH is 1. The molecule has 0 unspecified atom stereocenters. The lowest BCUT2D eigenvalue weighted by atomic mass is 10.2. The largest absolute Gasteiger partial charge is 0.395 e. The van der Waals surface area contributed by atoms with Crippen molar-refractivity contribution in [1.29, 1.82) is 0 Å². The average molecular weight is 359 g/mol. The summed E-state index contributed by atoms with van der Waals surface area (Å²) in [5.74, 6) is -0.636. The van der Waals surface area contributed by atoms with E-state index < -0.39 is 5.82 Å². The van der Waals surface area contributed by atoms with Gasteiger partial charge in [0.15, 0.2) is 17.5 Å². The van der Waals surface area contributed by atoms with Gasteiger partial charge in [0.2, 0.25) is 0 Å². The summed E-state index contributed by atoms with van der Waals surface area (Å²) in [5.41, 5.74) is 1.90. The molecule has 0 aliphatic rings. The Kier molecular flexibility index (Phi) is 5.52. The molecular weight excluding hydrogens is 340 g/mol. The summed E-state index contributed by atoms with van der Waals surface area (Å²) >= 11 is 0. The molecule has 3 rings (SSSR count). The summed E-state index contributed by atoms with van der Waals surface area (Å²) in [7, 11) is 0. The molecule has 6 nitrogen and oxygen atoms in total. The maximum atomic E-state index is 13.9. The standard InChI is InChI=1S/C18H19F2N5O/c1-2-13-9-16(18-22-10-15(20)17(23-18)21-7-8-26)24-25(13)11-12-5-3-4-6-14(12)19/h3-6,9-10,26H,2,7-8,11H2,1H3,(H,21,22,23). The molecule has 26 heavy (non-hydrogen) atoms. The van der Waals surface area contributed by atoms with Gasteiger partial charge in [-0.1, -0.05) is 25.1 Å². The van der Waals surface area contributed by atoms with Crippen molar-refractivity contribution in [3.8, 4) is 11.5 Å². The second-order valence-electron chi connectivity index (χ2n) is 5.66. The fourth-order valence-corrected chi connectivity index (χ4v) is 2.56. The van der Waals surface area contributed by atoms with Crippen LogP contribution >= 0.6 is 0 Å². The van der Waals surface area contributed by atoms with Crippen LogP contribution in [0, 0.1) is 11.6 Å². The molecule has 0 bridgehead atoms. The molecular formula is C18H19F2N5O. The fourth-order valence-electron chi connectivity index (χ4n) is 2.56. The van der Waals surface area contributed by atoms with Crippen LogP contribution in [0.25, 0.3) is 11.5 Å². The molecule has 0 saturated carbocycles. The lowest BCUT2D eigenvalue weighted by Crippen LogP contribution is -2.10. The minimum absolute atomic E-state index is 0.00533. The number of nitrogens with zero attached hydrogens (tertiary/aromatic N) is 4. The smallest absolute Gasteiger partial charge is 0.183 e. The number of halogens is 2. The highest BCUT2D eigenvalue weighted by atomic mass is 19.1. The number of aryl methyl sites for hydroxylation is 1. The van der Waals surface area contributed by atoms with Crippen molar-refractivity contribution >= 4 is 5.82 Å². The first kappa shape index (κ1) is 17.9. The number of hydrogen-bond donors (Lipinski definition) is 2. The maximum absolute atomic E-state index is 13.9. The molecule has 0 radical (unpaired) electrons. The molecule has 136 valence electrons. The second kappa shape index (κ2) is 8.01. The Labute approximate surface area is 149 Å². The normalized spacial score (nSPS) is 10.9. The van der Waals surface area contributed by atoms with Crippen LogP contribution in [0.15, 0.2) is 36.5 Å². The van der Waals surface area contributed by atoms with Crippen LogP contribution in [-0.4, -0.2) is 38.0 Å². The Bertz CT molecular complexity index is 897. The number of aliphatic hydroxyl groups is 1. The summed E-state index contributed by atoms with van der Waals surface area (Å²) in [4.78, 5) is 8.13. The van der Waals surface area contributed by atoms with Crippen LogP contribution < -0.4 is 5.32 Å². The van der Waals surface area contributed by atoms with E-state index in [1.165, 1.54) is 6.07 Å². The Morgan fingerprint density at radius 2 is 2.00 bits per heavy atom. The van der Waals surface area contributed by atoms with Gasteiger partial charge in [-0.05, 0) is 18.6 Å². The van der Waals surface area contributed by atoms with Crippen molar-refractivity contribution in [3.05, 3.63) is 59.4 Å². The Morgan fingerprint density at radius 1 is 1.19 bits per heavy atom. The average Bonchev–Trinajstić information content (AvgIpc) is 3.06. The SMILES string of the molecule is CCc1cc(-c2ncc(F)c(NCCO)n2)nn1Cc1ccccc1F. The summed E-state index contributed by atoms with van der Waals surface area (Å²) in [6.45, 7) is 2.29. The Morgan fingerprint density at radius 3 is 2.73 bits per heavy atom. The van der Waals surface area contributed by atoms with E-state index in [-0.39, 0.29) is 37.2 Å². The van der Waals surface area contributed by atoms with Crippen molar-refractivity contribution in [3.63, 3.8) is 0 Å². The lowest BCUT2D eigenvalue weighted by Gasteiger charge is -2.07. The van der Waals surface area contributed by atoms with Gasteiger partial charge in [-0.3, -0.25) is 4.68 Å². The van der Waals surface area contributed by atoms with Gasteiger partial charge in [0.25, 0.3) is 0 Å². The number of nitrogens with one attached hydrogen (secondary N) is 1. The molecule has 0 amide bonds. The molecule has 2 heterocycles. The summed E-state index contributed by atoms with van der Waals surface area (Å²) in [6, 6.07) is 8.34. The number of hydrogen-bond acceptors (Lipinski definition) is 5.